The molecular weight excluding hydrogens is 298 g/mol. The van der Waals surface area contributed by atoms with Gasteiger partial charge >= 0.3 is 0 Å². The van der Waals surface area contributed by atoms with Crippen molar-refractivity contribution in [2.75, 3.05) is 12.1 Å². The Morgan fingerprint density at radius 2 is 1.91 bits per heavy atom. The topological polar surface area (TPSA) is 47.6 Å². The van der Waals surface area contributed by atoms with Gasteiger partial charge in [0, 0.05) is 10.6 Å². The van der Waals surface area contributed by atoms with Crippen molar-refractivity contribution in [1.29, 1.82) is 0 Å². The summed E-state index contributed by atoms with van der Waals surface area (Å²) in [6.07, 6.45) is 1.69. The van der Waals surface area contributed by atoms with Gasteiger partial charge in [-0.3, -0.25) is 4.79 Å². The molecule has 22 heavy (non-hydrogen) atoms. The lowest BCUT2D eigenvalue weighted by atomic mass is 9.94. The Labute approximate surface area is 133 Å². The number of amides is 1. The van der Waals surface area contributed by atoms with Crippen molar-refractivity contribution < 1.29 is 14.3 Å². The lowest BCUT2D eigenvalue weighted by molar-refractivity contribution is -0.118. The third kappa shape index (κ3) is 2.22. The van der Waals surface area contributed by atoms with Crippen LogP contribution in [0.25, 0.3) is 0 Å². The zero-order valence-electron chi connectivity index (χ0n) is 11.8. The van der Waals surface area contributed by atoms with Gasteiger partial charge in [-0.15, -0.1) is 12.6 Å². The third-order valence-electron chi connectivity index (χ3n) is 4.21. The van der Waals surface area contributed by atoms with Gasteiger partial charge in [-0.05, 0) is 48.7 Å². The van der Waals surface area contributed by atoms with Crippen LogP contribution in [0.5, 0.6) is 11.5 Å². The lowest BCUT2D eigenvalue weighted by Crippen LogP contribution is -2.27. The van der Waals surface area contributed by atoms with Crippen LogP contribution in [-0.2, 0) is 10.2 Å². The van der Waals surface area contributed by atoms with Crippen LogP contribution in [0, 0.1) is 0 Å². The zero-order chi connectivity index (χ0) is 15.2. The summed E-state index contributed by atoms with van der Waals surface area (Å²) in [6, 6.07) is 13.2. The number of nitrogens with one attached hydrogen (secondary N) is 1. The summed E-state index contributed by atoms with van der Waals surface area (Å²) in [6.45, 7) is 0.243. The molecule has 1 heterocycles. The molecule has 1 amide bonds. The minimum absolute atomic E-state index is 0.0188. The van der Waals surface area contributed by atoms with Crippen molar-refractivity contribution in [2.24, 2.45) is 0 Å². The number of anilines is 1. The smallest absolute Gasteiger partial charge is 0.235 e. The van der Waals surface area contributed by atoms with E-state index in [-0.39, 0.29) is 12.7 Å². The van der Waals surface area contributed by atoms with Crippen LogP contribution in [0.4, 0.5) is 5.69 Å². The van der Waals surface area contributed by atoms with Crippen LogP contribution in [0.3, 0.4) is 0 Å². The highest BCUT2D eigenvalue weighted by molar-refractivity contribution is 7.80. The van der Waals surface area contributed by atoms with Crippen LogP contribution in [0.1, 0.15) is 18.4 Å². The van der Waals surface area contributed by atoms with Crippen molar-refractivity contribution in [3.05, 3.63) is 48.0 Å². The molecule has 0 spiro atoms. The minimum atomic E-state index is -0.451. The van der Waals surface area contributed by atoms with Crippen LogP contribution < -0.4 is 14.8 Å². The fourth-order valence-corrected chi connectivity index (χ4v) is 3.03. The normalized spacial score (nSPS) is 17.1. The summed E-state index contributed by atoms with van der Waals surface area (Å²) in [5.74, 6) is 1.47. The van der Waals surface area contributed by atoms with E-state index in [1.807, 2.05) is 42.5 Å². The number of benzene rings is 2. The van der Waals surface area contributed by atoms with Gasteiger partial charge in [0.25, 0.3) is 0 Å². The van der Waals surface area contributed by atoms with Crippen LogP contribution in [0.2, 0.25) is 0 Å². The molecule has 0 atom stereocenters. The van der Waals surface area contributed by atoms with Gasteiger partial charge in [0.05, 0.1) is 5.41 Å². The maximum atomic E-state index is 12.7. The Hall–Kier alpha value is -2.14. The van der Waals surface area contributed by atoms with E-state index >= 15 is 0 Å². The molecule has 2 aromatic rings. The van der Waals surface area contributed by atoms with Crippen LogP contribution in [-0.4, -0.2) is 12.7 Å². The molecular formula is C17H15NO3S. The number of hydrogen-bond donors (Lipinski definition) is 2. The summed E-state index contributed by atoms with van der Waals surface area (Å²) < 4.78 is 10.7. The summed E-state index contributed by atoms with van der Waals surface area (Å²) in [5.41, 5.74) is 1.30. The number of carbonyl (C=O) groups is 1. The van der Waals surface area contributed by atoms with E-state index in [0.29, 0.717) is 5.75 Å². The Bertz CT molecular complexity index is 755. The minimum Gasteiger partial charge on any atom is -0.454 e. The maximum Gasteiger partial charge on any atom is 0.235 e. The molecule has 2 aromatic carbocycles. The fraction of sp³-hybridized carbons (Fsp3) is 0.235. The van der Waals surface area contributed by atoms with Gasteiger partial charge in [0.1, 0.15) is 0 Å². The van der Waals surface area contributed by atoms with Crippen molar-refractivity contribution in [3.63, 3.8) is 0 Å². The van der Waals surface area contributed by atoms with E-state index in [0.717, 1.165) is 34.7 Å². The molecule has 0 bridgehead atoms. The number of ether oxygens (including phenoxy) is 2. The first kappa shape index (κ1) is 13.5. The van der Waals surface area contributed by atoms with E-state index in [9.17, 15) is 4.79 Å². The molecule has 0 aromatic heterocycles. The maximum absolute atomic E-state index is 12.7. The highest BCUT2D eigenvalue weighted by Gasteiger charge is 2.51. The van der Waals surface area contributed by atoms with Gasteiger partial charge in [-0.1, -0.05) is 12.1 Å². The number of hydrogen-bond acceptors (Lipinski definition) is 4. The van der Waals surface area contributed by atoms with Crippen molar-refractivity contribution >= 4 is 24.2 Å². The lowest BCUT2D eigenvalue weighted by Gasteiger charge is -2.16. The SMILES string of the molecule is O=C(Nc1cccc(S)c1)C1(c2ccc3c(c2)OCO3)CC1. The molecule has 1 fully saturated rings. The molecule has 0 radical (unpaired) electrons. The van der Waals surface area contributed by atoms with Gasteiger partial charge in [0.15, 0.2) is 11.5 Å². The van der Waals surface area contributed by atoms with Crippen molar-refractivity contribution in [3.8, 4) is 11.5 Å². The molecule has 1 aliphatic carbocycles. The summed E-state index contributed by atoms with van der Waals surface area (Å²) in [7, 11) is 0. The van der Waals surface area contributed by atoms with Gasteiger partial charge in [-0.25, -0.2) is 0 Å². The first-order valence-electron chi connectivity index (χ1n) is 7.18. The van der Waals surface area contributed by atoms with Crippen molar-refractivity contribution in [2.45, 2.75) is 23.2 Å². The second-order valence-electron chi connectivity index (χ2n) is 5.65. The number of carbonyl (C=O) groups excluding carboxylic acids is 1. The highest BCUT2D eigenvalue weighted by Crippen LogP contribution is 2.51. The first-order chi connectivity index (χ1) is 10.7. The van der Waals surface area contributed by atoms with Crippen molar-refractivity contribution in [1.82, 2.24) is 0 Å². The molecule has 4 nitrogen and oxygen atoms in total. The predicted octanol–water partition coefficient (Wildman–Crippen LogP) is 3.37. The molecule has 1 N–H and O–H groups in total. The average Bonchev–Trinajstić information content (AvgIpc) is 3.19. The molecule has 1 saturated carbocycles. The number of rotatable bonds is 3. The summed E-state index contributed by atoms with van der Waals surface area (Å²) in [4.78, 5) is 13.5. The van der Waals surface area contributed by atoms with Gasteiger partial charge in [0.2, 0.25) is 12.7 Å². The molecule has 112 valence electrons. The molecule has 2 aliphatic rings. The van der Waals surface area contributed by atoms with E-state index in [1.165, 1.54) is 0 Å². The molecule has 5 heteroatoms. The van der Waals surface area contributed by atoms with Gasteiger partial charge < -0.3 is 14.8 Å². The Morgan fingerprint density at radius 3 is 2.68 bits per heavy atom. The third-order valence-corrected chi connectivity index (χ3v) is 4.49. The molecule has 1 aliphatic heterocycles. The Balaban J connectivity index is 1.60. The Morgan fingerprint density at radius 1 is 1.09 bits per heavy atom. The second-order valence-corrected chi connectivity index (χ2v) is 6.17. The summed E-state index contributed by atoms with van der Waals surface area (Å²) >= 11 is 4.30. The zero-order valence-corrected chi connectivity index (χ0v) is 12.7. The standard InChI is InChI=1S/C17H15NO3S/c19-16(18-12-2-1-3-13(22)9-12)17(6-7-17)11-4-5-14-15(8-11)21-10-20-14/h1-5,8-9,22H,6-7,10H2,(H,18,19). The summed E-state index contributed by atoms with van der Waals surface area (Å²) in [5, 5.41) is 2.99. The molecule has 4 rings (SSSR count). The molecule has 0 unspecified atom stereocenters. The van der Waals surface area contributed by atoms with E-state index in [4.69, 9.17) is 9.47 Å². The van der Waals surface area contributed by atoms with Gasteiger partial charge in [-0.2, -0.15) is 0 Å². The number of thiol groups is 1. The number of fused-ring (bicyclic) bond motifs is 1. The second kappa shape index (κ2) is 4.95. The fourth-order valence-electron chi connectivity index (χ4n) is 2.80. The van der Waals surface area contributed by atoms with E-state index in [2.05, 4.69) is 17.9 Å². The monoisotopic (exact) mass is 313 g/mol. The quantitative estimate of drug-likeness (QED) is 0.854. The highest BCUT2D eigenvalue weighted by atomic mass is 32.1. The molecule has 0 saturated heterocycles. The van der Waals surface area contributed by atoms with E-state index < -0.39 is 5.41 Å². The Kier molecular flexibility index (Phi) is 3.04. The van der Waals surface area contributed by atoms with Crippen LogP contribution >= 0.6 is 12.6 Å². The largest absolute Gasteiger partial charge is 0.454 e. The average molecular weight is 313 g/mol. The van der Waals surface area contributed by atoms with Crippen LogP contribution in [0.15, 0.2) is 47.4 Å². The predicted molar refractivity (Wildman–Crippen MR) is 85.8 cm³/mol. The first-order valence-corrected chi connectivity index (χ1v) is 7.63. The van der Waals surface area contributed by atoms with E-state index in [1.54, 1.807) is 0 Å².